The van der Waals surface area contributed by atoms with E-state index in [-0.39, 0.29) is 17.4 Å². The van der Waals surface area contributed by atoms with Crippen LogP contribution >= 0.6 is 11.8 Å². The van der Waals surface area contributed by atoms with Crippen molar-refractivity contribution in [3.8, 4) is 0 Å². The Hall–Kier alpha value is -1.000. The first-order chi connectivity index (χ1) is 10.3. The van der Waals surface area contributed by atoms with Crippen molar-refractivity contribution in [2.24, 2.45) is 0 Å². The number of thioether (sulfide) groups is 1. The fraction of sp³-hybridized carbons (Fsp3) is 0.611. The van der Waals surface area contributed by atoms with Gasteiger partial charge in [0.05, 0.1) is 0 Å². The summed E-state index contributed by atoms with van der Waals surface area (Å²) in [4.78, 5) is 12.4. The number of carbonyl (C=O) groups is 1. The van der Waals surface area contributed by atoms with Crippen molar-refractivity contribution < 1.29 is 9.90 Å². The molecule has 1 heterocycles. The zero-order valence-electron chi connectivity index (χ0n) is 13.8. The van der Waals surface area contributed by atoms with Crippen molar-refractivity contribution in [2.75, 3.05) is 11.5 Å². The van der Waals surface area contributed by atoms with Gasteiger partial charge in [0.25, 0.3) is 5.91 Å². The summed E-state index contributed by atoms with van der Waals surface area (Å²) < 4.78 is 0. The zero-order chi connectivity index (χ0) is 16.2. The second kappa shape index (κ2) is 7.05. The number of nitrogens with one attached hydrogen (secondary N) is 1. The van der Waals surface area contributed by atoms with E-state index in [9.17, 15) is 9.90 Å². The summed E-state index contributed by atoms with van der Waals surface area (Å²) in [7, 11) is 0. The molecule has 1 unspecified atom stereocenters. The van der Waals surface area contributed by atoms with Gasteiger partial charge < -0.3 is 10.4 Å². The molecule has 1 aromatic carbocycles. The van der Waals surface area contributed by atoms with Gasteiger partial charge in [-0.3, -0.25) is 4.79 Å². The summed E-state index contributed by atoms with van der Waals surface area (Å²) in [6.07, 6.45) is 1.95. The minimum Gasteiger partial charge on any atom is -0.380 e. The van der Waals surface area contributed by atoms with Crippen LogP contribution in [-0.2, 0) is 10.2 Å². The Kier molecular flexibility index (Phi) is 5.56. The predicted octanol–water partition coefficient (Wildman–Crippen LogP) is 3.12. The molecule has 1 atom stereocenters. The monoisotopic (exact) mass is 321 g/mol. The number of carbonyl (C=O) groups excluding carboxylic acids is 1. The Morgan fingerprint density at radius 1 is 1.32 bits per heavy atom. The van der Waals surface area contributed by atoms with Gasteiger partial charge in [0.1, 0.15) is 5.60 Å². The normalized spacial score (nSPS) is 19.5. The fourth-order valence-corrected chi connectivity index (χ4v) is 4.29. The van der Waals surface area contributed by atoms with Crippen molar-refractivity contribution >= 4 is 17.7 Å². The first-order valence-electron chi connectivity index (χ1n) is 8.00. The largest absolute Gasteiger partial charge is 0.380 e. The van der Waals surface area contributed by atoms with E-state index in [1.165, 1.54) is 5.56 Å². The lowest BCUT2D eigenvalue weighted by atomic mass is 9.79. The first-order valence-corrected chi connectivity index (χ1v) is 9.16. The average Bonchev–Trinajstić information content (AvgIpc) is 2.48. The second-order valence-electron chi connectivity index (χ2n) is 6.97. The summed E-state index contributed by atoms with van der Waals surface area (Å²) in [5.74, 6) is 1.51. The standard InChI is InChI=1S/C18H27NO2S/c1-14(13-17(2,3)15-7-5-4-6-8-15)19-16(20)18(21)9-11-22-12-10-18/h4-8,14,21H,9-13H2,1-3H3,(H,19,20). The van der Waals surface area contributed by atoms with Crippen molar-refractivity contribution in [2.45, 2.75) is 57.1 Å². The van der Waals surface area contributed by atoms with Crippen LogP contribution in [0.3, 0.4) is 0 Å². The Bertz CT molecular complexity index is 495. The van der Waals surface area contributed by atoms with Gasteiger partial charge in [-0.1, -0.05) is 44.2 Å². The van der Waals surface area contributed by atoms with Crippen LogP contribution in [0.2, 0.25) is 0 Å². The smallest absolute Gasteiger partial charge is 0.252 e. The van der Waals surface area contributed by atoms with Gasteiger partial charge in [0.15, 0.2) is 0 Å². The summed E-state index contributed by atoms with van der Waals surface area (Å²) in [6, 6.07) is 10.4. The highest BCUT2D eigenvalue weighted by molar-refractivity contribution is 7.99. The Labute approximate surface area is 137 Å². The SMILES string of the molecule is CC(CC(C)(C)c1ccccc1)NC(=O)C1(O)CCSCC1. The number of aliphatic hydroxyl groups is 1. The molecule has 2 N–H and O–H groups in total. The van der Waals surface area contributed by atoms with Gasteiger partial charge in [-0.15, -0.1) is 0 Å². The maximum atomic E-state index is 12.4. The van der Waals surface area contributed by atoms with Gasteiger partial charge in [0, 0.05) is 6.04 Å². The molecule has 122 valence electrons. The average molecular weight is 321 g/mol. The van der Waals surface area contributed by atoms with E-state index in [2.05, 4.69) is 31.3 Å². The summed E-state index contributed by atoms with van der Waals surface area (Å²) >= 11 is 1.80. The highest BCUT2D eigenvalue weighted by atomic mass is 32.2. The molecule has 0 aliphatic carbocycles. The second-order valence-corrected chi connectivity index (χ2v) is 8.20. The lowest BCUT2D eigenvalue weighted by molar-refractivity contribution is -0.141. The van der Waals surface area contributed by atoms with Crippen LogP contribution < -0.4 is 5.32 Å². The summed E-state index contributed by atoms with van der Waals surface area (Å²) in [5, 5.41) is 13.5. The molecule has 2 rings (SSSR count). The minimum absolute atomic E-state index is 0.0149. The maximum Gasteiger partial charge on any atom is 0.252 e. The molecule has 0 radical (unpaired) electrons. The molecule has 1 fully saturated rings. The van der Waals surface area contributed by atoms with E-state index in [4.69, 9.17) is 0 Å². The summed E-state index contributed by atoms with van der Waals surface area (Å²) in [5.41, 5.74) is 0.0824. The molecule has 1 aliphatic heterocycles. The third kappa shape index (κ3) is 4.26. The lowest BCUT2D eigenvalue weighted by Crippen LogP contribution is -2.52. The Morgan fingerprint density at radius 3 is 2.50 bits per heavy atom. The fourth-order valence-electron chi connectivity index (χ4n) is 3.12. The van der Waals surface area contributed by atoms with Gasteiger partial charge in [-0.05, 0) is 48.7 Å². The molecule has 1 aliphatic rings. The van der Waals surface area contributed by atoms with E-state index in [1.807, 2.05) is 25.1 Å². The highest BCUT2D eigenvalue weighted by Gasteiger charge is 2.38. The highest BCUT2D eigenvalue weighted by Crippen LogP contribution is 2.30. The van der Waals surface area contributed by atoms with Crippen molar-refractivity contribution in [3.63, 3.8) is 0 Å². The van der Waals surface area contributed by atoms with Crippen molar-refractivity contribution in [1.82, 2.24) is 5.32 Å². The van der Waals surface area contributed by atoms with E-state index in [0.717, 1.165) is 17.9 Å². The molecular weight excluding hydrogens is 294 g/mol. The predicted molar refractivity (Wildman–Crippen MR) is 93.2 cm³/mol. The molecule has 0 aromatic heterocycles. The Balaban J connectivity index is 1.94. The molecule has 0 spiro atoms. The quantitative estimate of drug-likeness (QED) is 0.876. The zero-order valence-corrected chi connectivity index (χ0v) is 14.6. The third-order valence-corrected chi connectivity index (χ3v) is 5.48. The number of amides is 1. The molecule has 0 saturated carbocycles. The van der Waals surface area contributed by atoms with Gasteiger partial charge in [-0.2, -0.15) is 11.8 Å². The molecule has 4 heteroatoms. The molecule has 1 aromatic rings. The van der Waals surface area contributed by atoms with Gasteiger partial charge in [0.2, 0.25) is 0 Å². The third-order valence-electron chi connectivity index (χ3n) is 4.49. The molecule has 1 amide bonds. The lowest BCUT2D eigenvalue weighted by Gasteiger charge is -2.34. The van der Waals surface area contributed by atoms with Crippen LogP contribution in [0.15, 0.2) is 30.3 Å². The molecular formula is C18H27NO2S. The number of hydrogen-bond acceptors (Lipinski definition) is 3. The summed E-state index contributed by atoms with van der Waals surface area (Å²) in [6.45, 7) is 6.40. The van der Waals surface area contributed by atoms with Gasteiger partial charge in [-0.25, -0.2) is 0 Å². The number of rotatable bonds is 5. The molecule has 3 nitrogen and oxygen atoms in total. The van der Waals surface area contributed by atoms with E-state index in [1.54, 1.807) is 11.8 Å². The van der Waals surface area contributed by atoms with Crippen molar-refractivity contribution in [1.29, 1.82) is 0 Å². The van der Waals surface area contributed by atoms with E-state index >= 15 is 0 Å². The minimum atomic E-state index is -1.17. The van der Waals surface area contributed by atoms with E-state index < -0.39 is 5.60 Å². The maximum absolute atomic E-state index is 12.4. The van der Waals surface area contributed by atoms with Crippen LogP contribution in [0.5, 0.6) is 0 Å². The van der Waals surface area contributed by atoms with Crippen molar-refractivity contribution in [3.05, 3.63) is 35.9 Å². The van der Waals surface area contributed by atoms with E-state index in [0.29, 0.717) is 12.8 Å². The number of benzene rings is 1. The molecule has 22 heavy (non-hydrogen) atoms. The van der Waals surface area contributed by atoms with Crippen LogP contribution in [0.4, 0.5) is 0 Å². The molecule has 1 saturated heterocycles. The van der Waals surface area contributed by atoms with Crippen LogP contribution in [0.1, 0.15) is 45.6 Å². The van der Waals surface area contributed by atoms with Gasteiger partial charge >= 0.3 is 0 Å². The molecule has 0 bridgehead atoms. The Morgan fingerprint density at radius 2 is 1.91 bits per heavy atom. The topological polar surface area (TPSA) is 49.3 Å². The van der Waals surface area contributed by atoms with Crippen LogP contribution in [-0.4, -0.2) is 34.2 Å². The van der Waals surface area contributed by atoms with Crippen LogP contribution in [0, 0.1) is 0 Å². The first kappa shape index (κ1) is 17.4. The number of hydrogen-bond donors (Lipinski definition) is 2. The van der Waals surface area contributed by atoms with Crippen LogP contribution in [0.25, 0.3) is 0 Å².